The molecule has 0 aromatic carbocycles. The van der Waals surface area contributed by atoms with Crippen LogP contribution in [0.25, 0.3) is 0 Å². The van der Waals surface area contributed by atoms with Gasteiger partial charge in [-0.25, -0.2) is 0 Å². The van der Waals surface area contributed by atoms with Crippen LogP contribution in [0, 0.1) is 0 Å². The number of ether oxygens (including phenoxy) is 1. The molecule has 1 atom stereocenters. The van der Waals surface area contributed by atoms with Gasteiger partial charge in [-0.1, -0.05) is 6.07 Å². The Balaban J connectivity index is 0.00000192. The molecule has 2 aromatic rings. The highest BCUT2D eigenvalue weighted by Crippen LogP contribution is 2.25. The summed E-state index contributed by atoms with van der Waals surface area (Å²) in [6, 6.07) is 7.70. The Morgan fingerprint density at radius 1 is 1.35 bits per heavy atom. The highest BCUT2D eigenvalue weighted by atomic mass is 79.9. The number of carbonyl (C=O) groups is 1. The third kappa shape index (κ3) is 4.81. The van der Waals surface area contributed by atoms with Crippen LogP contribution >= 0.6 is 39.7 Å². The van der Waals surface area contributed by atoms with Gasteiger partial charge in [-0.05, 0) is 39.5 Å². The van der Waals surface area contributed by atoms with Gasteiger partial charge in [0.1, 0.15) is 0 Å². The molecule has 3 rings (SSSR count). The van der Waals surface area contributed by atoms with Gasteiger partial charge in [0.25, 0.3) is 5.91 Å². The van der Waals surface area contributed by atoms with Gasteiger partial charge in [0.15, 0.2) is 10.4 Å². The van der Waals surface area contributed by atoms with E-state index in [-0.39, 0.29) is 24.4 Å². The van der Waals surface area contributed by atoms with Crippen molar-refractivity contribution < 1.29 is 13.9 Å². The molecule has 0 aliphatic carbocycles. The van der Waals surface area contributed by atoms with Gasteiger partial charge in [-0.15, -0.1) is 23.7 Å². The maximum atomic E-state index is 12.1. The van der Waals surface area contributed by atoms with E-state index in [1.54, 1.807) is 23.5 Å². The quantitative estimate of drug-likeness (QED) is 0.804. The van der Waals surface area contributed by atoms with Crippen molar-refractivity contribution >= 4 is 45.6 Å². The van der Waals surface area contributed by atoms with Crippen molar-refractivity contribution in [2.24, 2.45) is 0 Å². The Morgan fingerprint density at radius 3 is 2.74 bits per heavy atom. The number of hydrogen-bond donors (Lipinski definition) is 1. The summed E-state index contributed by atoms with van der Waals surface area (Å²) in [6.07, 6.45) is 0. The molecule has 126 valence electrons. The van der Waals surface area contributed by atoms with Crippen LogP contribution in [0.1, 0.15) is 21.5 Å². The lowest BCUT2D eigenvalue weighted by Gasteiger charge is -2.34. The van der Waals surface area contributed by atoms with E-state index in [0.717, 1.165) is 26.3 Å². The van der Waals surface area contributed by atoms with E-state index >= 15 is 0 Å². The van der Waals surface area contributed by atoms with Crippen LogP contribution in [0.15, 0.2) is 38.7 Å². The molecular formula is C15H18BrClN2O3S. The first-order valence-corrected chi connectivity index (χ1v) is 8.80. The molecular weight excluding hydrogens is 404 g/mol. The van der Waals surface area contributed by atoms with Gasteiger partial charge in [0, 0.05) is 24.5 Å². The summed E-state index contributed by atoms with van der Waals surface area (Å²) in [7, 11) is 0. The predicted molar refractivity (Wildman–Crippen MR) is 95.4 cm³/mol. The highest BCUT2D eigenvalue weighted by Gasteiger charge is 2.24. The summed E-state index contributed by atoms with van der Waals surface area (Å²) < 4.78 is 11.3. The van der Waals surface area contributed by atoms with Gasteiger partial charge in [-0.2, -0.15) is 0 Å². The molecule has 0 spiro atoms. The molecule has 0 saturated carbocycles. The fourth-order valence-electron chi connectivity index (χ4n) is 2.49. The topological polar surface area (TPSA) is 54.7 Å². The normalized spacial score (nSPS) is 16.6. The molecule has 5 nitrogen and oxygen atoms in total. The molecule has 23 heavy (non-hydrogen) atoms. The number of nitrogens with one attached hydrogen (secondary N) is 1. The van der Waals surface area contributed by atoms with Crippen LogP contribution in [-0.2, 0) is 4.74 Å². The number of morpholine rings is 1. The molecule has 2 aromatic heterocycles. The maximum Gasteiger partial charge on any atom is 0.287 e. The zero-order chi connectivity index (χ0) is 15.4. The maximum absolute atomic E-state index is 12.1. The van der Waals surface area contributed by atoms with Crippen molar-refractivity contribution in [1.29, 1.82) is 0 Å². The Hall–Kier alpha value is -0.860. The minimum absolute atomic E-state index is 0. The van der Waals surface area contributed by atoms with Gasteiger partial charge in [0.2, 0.25) is 0 Å². The smallest absolute Gasteiger partial charge is 0.287 e. The second-order valence-corrected chi connectivity index (χ2v) is 6.75. The number of halogens is 2. The Bertz CT molecular complexity index is 614. The SMILES string of the molecule is Cl.O=C(NCC(c1cccs1)N1CCOCC1)c1ccc(Br)o1. The van der Waals surface area contributed by atoms with Crippen molar-refractivity contribution in [3.63, 3.8) is 0 Å². The monoisotopic (exact) mass is 420 g/mol. The Kier molecular flexibility index (Phi) is 7.10. The third-order valence-electron chi connectivity index (χ3n) is 3.61. The van der Waals surface area contributed by atoms with E-state index in [1.165, 1.54) is 4.88 Å². The van der Waals surface area contributed by atoms with Crippen molar-refractivity contribution in [2.45, 2.75) is 6.04 Å². The summed E-state index contributed by atoms with van der Waals surface area (Å²) in [6.45, 7) is 3.79. The molecule has 1 amide bonds. The van der Waals surface area contributed by atoms with Gasteiger partial charge in [0.05, 0.1) is 19.3 Å². The number of hydrogen-bond acceptors (Lipinski definition) is 5. The molecule has 1 aliphatic heterocycles. The van der Waals surface area contributed by atoms with Crippen molar-refractivity contribution in [2.75, 3.05) is 32.8 Å². The average Bonchev–Trinajstić information content (AvgIpc) is 3.20. The first-order valence-electron chi connectivity index (χ1n) is 7.13. The second kappa shape index (κ2) is 8.84. The molecule has 1 aliphatic rings. The van der Waals surface area contributed by atoms with Crippen LogP contribution < -0.4 is 5.32 Å². The number of rotatable bonds is 5. The minimum atomic E-state index is -0.194. The first kappa shape index (κ1) is 18.5. The molecule has 3 heterocycles. The van der Waals surface area contributed by atoms with Crippen LogP contribution in [-0.4, -0.2) is 43.7 Å². The zero-order valence-corrected chi connectivity index (χ0v) is 15.6. The van der Waals surface area contributed by atoms with E-state index in [4.69, 9.17) is 9.15 Å². The molecule has 0 radical (unpaired) electrons. The molecule has 0 bridgehead atoms. The lowest BCUT2D eigenvalue weighted by Crippen LogP contribution is -2.43. The lowest BCUT2D eigenvalue weighted by molar-refractivity contribution is 0.0168. The Labute approximate surface area is 153 Å². The third-order valence-corrected chi connectivity index (χ3v) is 5.01. The van der Waals surface area contributed by atoms with Crippen LogP contribution in [0.5, 0.6) is 0 Å². The minimum Gasteiger partial charge on any atom is -0.444 e. The highest BCUT2D eigenvalue weighted by molar-refractivity contribution is 9.10. The largest absolute Gasteiger partial charge is 0.444 e. The lowest BCUT2D eigenvalue weighted by atomic mass is 10.2. The van der Waals surface area contributed by atoms with Gasteiger partial charge in [-0.3, -0.25) is 9.69 Å². The molecule has 1 saturated heterocycles. The second-order valence-electron chi connectivity index (χ2n) is 4.99. The van der Waals surface area contributed by atoms with E-state index in [9.17, 15) is 4.79 Å². The van der Waals surface area contributed by atoms with E-state index < -0.39 is 0 Å². The van der Waals surface area contributed by atoms with Crippen molar-refractivity contribution in [1.82, 2.24) is 10.2 Å². The molecule has 1 N–H and O–H groups in total. The number of furan rings is 1. The summed E-state index contributed by atoms with van der Waals surface area (Å²) in [5.41, 5.74) is 0. The fourth-order valence-corrected chi connectivity index (χ4v) is 3.66. The van der Waals surface area contributed by atoms with Crippen LogP contribution in [0.4, 0.5) is 0 Å². The number of nitrogens with zero attached hydrogens (tertiary/aromatic N) is 1. The first-order chi connectivity index (χ1) is 10.7. The predicted octanol–water partition coefficient (Wildman–Crippen LogP) is 3.33. The number of amides is 1. The summed E-state index contributed by atoms with van der Waals surface area (Å²) in [5.74, 6) is 0.124. The van der Waals surface area contributed by atoms with Crippen molar-refractivity contribution in [3.05, 3.63) is 45.0 Å². The van der Waals surface area contributed by atoms with Gasteiger partial charge < -0.3 is 14.5 Å². The standard InChI is InChI=1S/C15H17BrN2O3S.ClH/c16-14-4-3-12(21-14)15(19)17-10-11(13-2-1-9-22-13)18-5-7-20-8-6-18;/h1-4,9,11H,5-8,10H2,(H,17,19);1H. The van der Waals surface area contributed by atoms with Crippen LogP contribution in [0.2, 0.25) is 0 Å². The van der Waals surface area contributed by atoms with E-state index in [1.807, 2.05) is 6.07 Å². The Morgan fingerprint density at radius 2 is 2.13 bits per heavy atom. The fraction of sp³-hybridized carbons (Fsp3) is 0.400. The average molecular weight is 422 g/mol. The zero-order valence-electron chi connectivity index (χ0n) is 12.4. The summed E-state index contributed by atoms with van der Waals surface area (Å²) in [5, 5.41) is 5.03. The summed E-state index contributed by atoms with van der Waals surface area (Å²) >= 11 is 4.92. The molecule has 1 unspecified atom stereocenters. The molecule has 8 heteroatoms. The molecule has 1 fully saturated rings. The number of carbonyl (C=O) groups excluding carboxylic acids is 1. The van der Waals surface area contributed by atoms with E-state index in [2.05, 4.69) is 37.6 Å². The van der Waals surface area contributed by atoms with Gasteiger partial charge >= 0.3 is 0 Å². The van der Waals surface area contributed by atoms with Crippen molar-refractivity contribution in [3.8, 4) is 0 Å². The van der Waals surface area contributed by atoms with Crippen LogP contribution in [0.3, 0.4) is 0 Å². The van der Waals surface area contributed by atoms with E-state index in [0.29, 0.717) is 17.0 Å². The number of thiophene rings is 1. The summed E-state index contributed by atoms with van der Waals surface area (Å²) in [4.78, 5) is 15.8.